The minimum absolute atomic E-state index is 0.0912. The van der Waals surface area contributed by atoms with Crippen molar-refractivity contribution in [2.45, 2.75) is 45.8 Å². The molecule has 2 amide bonds. The van der Waals surface area contributed by atoms with Crippen molar-refractivity contribution in [1.82, 2.24) is 10.2 Å². The number of nitrogens with zero attached hydrogens (tertiary/aromatic N) is 1. The molecule has 0 aromatic rings. The third kappa shape index (κ3) is 6.76. The lowest BCUT2D eigenvalue weighted by Gasteiger charge is -2.36. The Morgan fingerprint density at radius 1 is 1.43 bits per heavy atom. The summed E-state index contributed by atoms with van der Waals surface area (Å²) < 4.78 is 5.44. The second kappa shape index (κ2) is 8.18. The third-order valence-corrected chi connectivity index (χ3v) is 3.95. The summed E-state index contributed by atoms with van der Waals surface area (Å²) in [6.07, 6.45) is 0.441. The molecule has 118 valence electrons. The highest BCUT2D eigenvalue weighted by atomic mass is 32.2. The van der Waals surface area contributed by atoms with Gasteiger partial charge in [-0.1, -0.05) is 5.92 Å². The zero-order chi connectivity index (χ0) is 15.9. The molecule has 1 rings (SSSR count). The monoisotopic (exact) mass is 312 g/mol. The first kappa shape index (κ1) is 17.7. The van der Waals surface area contributed by atoms with Gasteiger partial charge in [0.25, 0.3) is 5.91 Å². The summed E-state index contributed by atoms with van der Waals surface area (Å²) in [5.41, 5.74) is -0.489. The fourth-order valence-corrected chi connectivity index (χ4v) is 3.08. The Morgan fingerprint density at radius 3 is 2.76 bits per heavy atom. The van der Waals surface area contributed by atoms with E-state index in [9.17, 15) is 9.59 Å². The zero-order valence-electron chi connectivity index (χ0n) is 13.2. The van der Waals surface area contributed by atoms with Crippen LogP contribution >= 0.6 is 11.8 Å². The summed E-state index contributed by atoms with van der Waals surface area (Å²) in [4.78, 5) is 25.3. The maximum absolute atomic E-state index is 12.2. The van der Waals surface area contributed by atoms with Crippen LogP contribution in [-0.4, -0.2) is 53.1 Å². The topological polar surface area (TPSA) is 58.6 Å². The molecule has 1 N–H and O–H groups in total. The van der Waals surface area contributed by atoms with Gasteiger partial charge < -0.3 is 15.0 Å². The van der Waals surface area contributed by atoms with Crippen LogP contribution < -0.4 is 5.32 Å². The summed E-state index contributed by atoms with van der Waals surface area (Å²) in [6.45, 7) is 8.42. The quantitative estimate of drug-likeness (QED) is 0.808. The summed E-state index contributed by atoms with van der Waals surface area (Å²) in [6, 6.07) is 0.0912. The minimum atomic E-state index is -0.489. The highest BCUT2D eigenvalue weighted by molar-refractivity contribution is 7.99. The SMILES string of the molecule is CC#CC(=O)NCCC1CSCCN1C(=O)OC(C)(C)C. The molecule has 0 spiro atoms. The summed E-state index contributed by atoms with van der Waals surface area (Å²) in [5, 5.41) is 2.74. The molecular weight excluding hydrogens is 288 g/mol. The van der Waals surface area contributed by atoms with Crippen molar-refractivity contribution in [3.05, 3.63) is 0 Å². The van der Waals surface area contributed by atoms with Crippen LogP contribution in [0.1, 0.15) is 34.1 Å². The van der Waals surface area contributed by atoms with Crippen LogP contribution in [0.4, 0.5) is 4.79 Å². The highest BCUT2D eigenvalue weighted by Crippen LogP contribution is 2.21. The van der Waals surface area contributed by atoms with Crippen LogP contribution in [-0.2, 0) is 9.53 Å². The highest BCUT2D eigenvalue weighted by Gasteiger charge is 2.30. The van der Waals surface area contributed by atoms with E-state index in [1.54, 1.807) is 11.8 Å². The first-order valence-electron chi connectivity index (χ1n) is 7.11. The molecule has 5 nitrogen and oxygen atoms in total. The van der Waals surface area contributed by atoms with E-state index in [2.05, 4.69) is 17.2 Å². The van der Waals surface area contributed by atoms with Crippen molar-refractivity contribution in [2.75, 3.05) is 24.6 Å². The van der Waals surface area contributed by atoms with Crippen LogP contribution in [0, 0.1) is 11.8 Å². The molecule has 0 radical (unpaired) electrons. The number of rotatable bonds is 3. The number of ether oxygens (including phenoxy) is 1. The van der Waals surface area contributed by atoms with Gasteiger partial charge in [0, 0.05) is 30.6 Å². The van der Waals surface area contributed by atoms with Gasteiger partial charge in [0.2, 0.25) is 0 Å². The maximum atomic E-state index is 12.2. The number of amides is 2. The summed E-state index contributed by atoms with van der Waals surface area (Å²) in [5.74, 6) is 6.51. The van der Waals surface area contributed by atoms with Gasteiger partial charge in [-0.3, -0.25) is 4.79 Å². The third-order valence-electron chi connectivity index (χ3n) is 2.86. The molecule has 1 fully saturated rings. The number of hydrogen-bond donors (Lipinski definition) is 1. The predicted octanol–water partition coefficient (Wildman–Crippen LogP) is 1.87. The smallest absolute Gasteiger partial charge is 0.410 e. The summed E-state index contributed by atoms with van der Waals surface area (Å²) >= 11 is 1.82. The normalized spacial score (nSPS) is 18.5. The average Bonchev–Trinajstić information content (AvgIpc) is 2.37. The predicted molar refractivity (Wildman–Crippen MR) is 85.1 cm³/mol. The Bertz CT molecular complexity index is 434. The number of hydrogen-bond acceptors (Lipinski definition) is 4. The molecule has 1 aliphatic rings. The molecule has 0 bridgehead atoms. The summed E-state index contributed by atoms with van der Waals surface area (Å²) in [7, 11) is 0. The molecule has 0 aromatic heterocycles. The first-order chi connectivity index (χ1) is 9.83. The van der Waals surface area contributed by atoms with E-state index < -0.39 is 5.60 Å². The largest absolute Gasteiger partial charge is 0.444 e. The molecular formula is C15H24N2O3S. The van der Waals surface area contributed by atoms with Gasteiger partial charge in [0.1, 0.15) is 5.60 Å². The van der Waals surface area contributed by atoms with Crippen molar-refractivity contribution in [3.8, 4) is 11.8 Å². The van der Waals surface area contributed by atoms with E-state index in [1.165, 1.54) is 0 Å². The van der Waals surface area contributed by atoms with Gasteiger partial charge in [-0.25, -0.2) is 4.79 Å². The number of nitrogens with one attached hydrogen (secondary N) is 1. The second-order valence-electron chi connectivity index (χ2n) is 5.82. The van der Waals surface area contributed by atoms with Crippen molar-refractivity contribution in [2.24, 2.45) is 0 Å². The Balaban J connectivity index is 2.50. The minimum Gasteiger partial charge on any atom is -0.444 e. The fraction of sp³-hybridized carbons (Fsp3) is 0.733. The zero-order valence-corrected chi connectivity index (χ0v) is 14.0. The molecule has 1 saturated heterocycles. The standard InChI is InChI=1S/C15H24N2O3S/c1-5-6-13(18)16-8-7-12-11-21-10-9-17(12)14(19)20-15(2,3)4/h12H,7-11H2,1-4H3,(H,16,18). The molecule has 1 aliphatic heterocycles. The molecule has 1 heterocycles. The first-order valence-corrected chi connectivity index (χ1v) is 8.27. The van der Waals surface area contributed by atoms with Crippen LogP contribution in [0.5, 0.6) is 0 Å². The van der Waals surface area contributed by atoms with Gasteiger partial charge >= 0.3 is 6.09 Å². The van der Waals surface area contributed by atoms with Crippen molar-refractivity contribution < 1.29 is 14.3 Å². The molecule has 0 aromatic carbocycles. The Hall–Kier alpha value is -1.35. The molecule has 1 unspecified atom stereocenters. The Morgan fingerprint density at radius 2 is 2.14 bits per heavy atom. The van der Waals surface area contributed by atoms with E-state index in [0.717, 1.165) is 11.5 Å². The molecule has 1 atom stereocenters. The van der Waals surface area contributed by atoms with E-state index in [-0.39, 0.29) is 18.0 Å². The van der Waals surface area contributed by atoms with Crippen LogP contribution in [0.2, 0.25) is 0 Å². The van der Waals surface area contributed by atoms with E-state index in [4.69, 9.17) is 4.74 Å². The van der Waals surface area contributed by atoms with Crippen molar-refractivity contribution >= 4 is 23.8 Å². The number of carbonyl (C=O) groups excluding carboxylic acids is 2. The van der Waals surface area contributed by atoms with Crippen LogP contribution in [0.25, 0.3) is 0 Å². The van der Waals surface area contributed by atoms with E-state index >= 15 is 0 Å². The Labute approximate surface area is 131 Å². The lowest BCUT2D eigenvalue weighted by atomic mass is 10.2. The number of thioether (sulfide) groups is 1. The average molecular weight is 312 g/mol. The van der Waals surface area contributed by atoms with Crippen molar-refractivity contribution in [3.63, 3.8) is 0 Å². The van der Waals surface area contributed by atoms with E-state index in [0.29, 0.717) is 19.5 Å². The van der Waals surface area contributed by atoms with E-state index in [1.807, 2.05) is 32.5 Å². The lowest BCUT2D eigenvalue weighted by Crippen LogP contribution is -2.49. The van der Waals surface area contributed by atoms with Gasteiger partial charge in [0.15, 0.2) is 0 Å². The van der Waals surface area contributed by atoms with Gasteiger partial charge in [-0.2, -0.15) is 11.8 Å². The van der Waals surface area contributed by atoms with Crippen molar-refractivity contribution in [1.29, 1.82) is 0 Å². The van der Waals surface area contributed by atoms with Gasteiger partial charge in [-0.05, 0) is 40.0 Å². The Kier molecular flexibility index (Phi) is 6.90. The molecule has 0 aliphatic carbocycles. The number of carbonyl (C=O) groups is 2. The molecule has 6 heteroatoms. The van der Waals surface area contributed by atoms with Gasteiger partial charge in [0.05, 0.1) is 0 Å². The maximum Gasteiger partial charge on any atom is 0.410 e. The van der Waals surface area contributed by atoms with Crippen LogP contribution in [0.3, 0.4) is 0 Å². The second-order valence-corrected chi connectivity index (χ2v) is 6.97. The molecule has 0 saturated carbocycles. The van der Waals surface area contributed by atoms with Gasteiger partial charge in [-0.15, -0.1) is 0 Å². The van der Waals surface area contributed by atoms with Crippen LogP contribution in [0.15, 0.2) is 0 Å². The molecule has 21 heavy (non-hydrogen) atoms. The lowest BCUT2D eigenvalue weighted by molar-refractivity contribution is -0.115. The fourth-order valence-electron chi connectivity index (χ4n) is 1.96.